The third kappa shape index (κ3) is 3.42. The fourth-order valence-corrected chi connectivity index (χ4v) is 5.05. The van der Waals surface area contributed by atoms with Gasteiger partial charge in [-0.2, -0.15) is 17.0 Å². The average molecular weight is 374 g/mol. The Morgan fingerprint density at radius 1 is 0.885 bits per heavy atom. The van der Waals surface area contributed by atoms with Crippen molar-refractivity contribution in [2.75, 3.05) is 44.2 Å². The van der Waals surface area contributed by atoms with E-state index in [2.05, 4.69) is 15.0 Å². The molecule has 2 saturated heterocycles. The molecule has 0 amide bonds. The Morgan fingerprint density at radius 3 is 2.31 bits per heavy atom. The van der Waals surface area contributed by atoms with E-state index in [1.54, 1.807) is 27.2 Å². The first-order valence-corrected chi connectivity index (χ1v) is 10.3. The molecule has 138 valence electrons. The molecule has 2 fully saturated rings. The summed E-state index contributed by atoms with van der Waals surface area (Å²) in [6.07, 6.45) is 7.14. The van der Waals surface area contributed by atoms with Crippen LogP contribution in [0.25, 0.3) is 11.3 Å². The van der Waals surface area contributed by atoms with Crippen LogP contribution in [-0.4, -0.2) is 71.2 Å². The molecule has 0 spiro atoms. The van der Waals surface area contributed by atoms with Crippen LogP contribution in [-0.2, 0) is 10.2 Å². The maximum absolute atomic E-state index is 12.7. The standard InChI is InChI=1S/C17H22N6O2S/c24-26(25,22-8-1-2-9-22)23-12-10-21(11-13-23)17-19-7-5-16(20-17)15-4-3-6-18-14-15/h3-7,14H,1-2,8-13H2. The first-order chi connectivity index (χ1) is 12.6. The third-order valence-electron chi connectivity index (χ3n) is 4.84. The van der Waals surface area contributed by atoms with Crippen molar-refractivity contribution in [1.29, 1.82) is 0 Å². The van der Waals surface area contributed by atoms with Gasteiger partial charge in [0.05, 0.1) is 5.69 Å². The first-order valence-electron chi connectivity index (χ1n) is 8.88. The molecule has 2 aliphatic heterocycles. The summed E-state index contributed by atoms with van der Waals surface area (Å²) in [6, 6.07) is 5.69. The van der Waals surface area contributed by atoms with Crippen molar-refractivity contribution >= 4 is 16.2 Å². The second kappa shape index (κ2) is 7.26. The van der Waals surface area contributed by atoms with E-state index in [-0.39, 0.29) is 0 Å². The van der Waals surface area contributed by atoms with E-state index in [9.17, 15) is 8.42 Å². The van der Waals surface area contributed by atoms with Gasteiger partial charge in [-0.3, -0.25) is 4.98 Å². The molecule has 26 heavy (non-hydrogen) atoms. The summed E-state index contributed by atoms with van der Waals surface area (Å²) >= 11 is 0. The molecule has 0 bridgehead atoms. The number of piperazine rings is 1. The Hall–Kier alpha value is -2.10. The van der Waals surface area contributed by atoms with Gasteiger partial charge in [0.1, 0.15) is 0 Å². The molecule has 4 rings (SSSR count). The number of pyridine rings is 1. The molecular weight excluding hydrogens is 352 g/mol. The lowest BCUT2D eigenvalue weighted by atomic mass is 10.2. The molecule has 8 nitrogen and oxygen atoms in total. The molecule has 0 atom stereocenters. The number of hydrogen-bond acceptors (Lipinski definition) is 6. The first kappa shape index (κ1) is 17.3. The topological polar surface area (TPSA) is 82.5 Å². The molecule has 2 aromatic rings. The average Bonchev–Trinajstić information content (AvgIpc) is 3.25. The zero-order chi connectivity index (χ0) is 18.0. The molecule has 9 heteroatoms. The molecule has 0 aliphatic carbocycles. The molecule has 4 heterocycles. The molecule has 0 aromatic carbocycles. The molecule has 2 aliphatic rings. The normalized spacial score (nSPS) is 19.8. The van der Waals surface area contributed by atoms with Gasteiger partial charge in [-0.05, 0) is 31.0 Å². The predicted octanol–water partition coefficient (Wildman–Crippen LogP) is 1.00. The van der Waals surface area contributed by atoms with Crippen molar-refractivity contribution in [2.24, 2.45) is 0 Å². The van der Waals surface area contributed by atoms with Crippen molar-refractivity contribution in [1.82, 2.24) is 23.6 Å². The Kier molecular flexibility index (Phi) is 4.84. The summed E-state index contributed by atoms with van der Waals surface area (Å²) in [4.78, 5) is 15.2. The van der Waals surface area contributed by atoms with Crippen LogP contribution < -0.4 is 4.90 Å². The summed E-state index contributed by atoms with van der Waals surface area (Å²) in [7, 11) is -3.33. The summed E-state index contributed by atoms with van der Waals surface area (Å²) < 4.78 is 28.5. The van der Waals surface area contributed by atoms with Crippen LogP contribution >= 0.6 is 0 Å². The fourth-order valence-electron chi connectivity index (χ4n) is 3.38. The smallest absolute Gasteiger partial charge is 0.282 e. The molecule has 0 unspecified atom stereocenters. The number of rotatable bonds is 4. The van der Waals surface area contributed by atoms with Crippen molar-refractivity contribution in [3.63, 3.8) is 0 Å². The highest BCUT2D eigenvalue weighted by atomic mass is 32.2. The van der Waals surface area contributed by atoms with E-state index in [0.717, 1.165) is 24.1 Å². The highest BCUT2D eigenvalue weighted by Crippen LogP contribution is 2.21. The van der Waals surface area contributed by atoms with E-state index in [0.29, 0.717) is 45.2 Å². The molecule has 0 N–H and O–H groups in total. The lowest BCUT2D eigenvalue weighted by molar-refractivity contribution is 0.342. The van der Waals surface area contributed by atoms with Gasteiger partial charge in [0.25, 0.3) is 10.2 Å². The summed E-state index contributed by atoms with van der Waals surface area (Å²) in [5.41, 5.74) is 1.75. The van der Waals surface area contributed by atoms with Crippen molar-refractivity contribution < 1.29 is 8.42 Å². The van der Waals surface area contributed by atoms with Crippen LogP contribution in [0.1, 0.15) is 12.8 Å². The van der Waals surface area contributed by atoms with Gasteiger partial charge in [-0.1, -0.05) is 0 Å². The van der Waals surface area contributed by atoms with Crippen molar-refractivity contribution in [3.05, 3.63) is 36.8 Å². The quantitative estimate of drug-likeness (QED) is 0.794. The van der Waals surface area contributed by atoms with Gasteiger partial charge in [-0.25, -0.2) is 9.97 Å². The summed E-state index contributed by atoms with van der Waals surface area (Å²) in [5.74, 6) is 0.629. The minimum Gasteiger partial charge on any atom is -0.338 e. The maximum atomic E-state index is 12.7. The van der Waals surface area contributed by atoms with Crippen LogP contribution in [0.4, 0.5) is 5.95 Å². The SMILES string of the molecule is O=S(=O)(N1CCCC1)N1CCN(c2nccc(-c3cccnc3)n2)CC1. The summed E-state index contributed by atoms with van der Waals surface area (Å²) in [5, 5.41) is 0. The van der Waals surface area contributed by atoms with Gasteiger partial charge in [0.2, 0.25) is 5.95 Å². The second-order valence-electron chi connectivity index (χ2n) is 6.48. The Morgan fingerprint density at radius 2 is 1.62 bits per heavy atom. The minimum absolute atomic E-state index is 0.458. The van der Waals surface area contributed by atoms with Crippen LogP contribution in [0.15, 0.2) is 36.8 Å². The molecule has 2 aromatic heterocycles. The lowest BCUT2D eigenvalue weighted by Crippen LogP contribution is -2.52. The molecular formula is C17H22N6O2S. The lowest BCUT2D eigenvalue weighted by Gasteiger charge is -2.35. The highest BCUT2D eigenvalue weighted by Gasteiger charge is 2.34. The second-order valence-corrected chi connectivity index (χ2v) is 8.41. The number of aromatic nitrogens is 3. The Labute approximate surface area is 153 Å². The fraction of sp³-hybridized carbons (Fsp3) is 0.471. The van der Waals surface area contributed by atoms with Gasteiger partial charge in [-0.15, -0.1) is 0 Å². The zero-order valence-electron chi connectivity index (χ0n) is 14.5. The molecule has 0 radical (unpaired) electrons. The van der Waals surface area contributed by atoms with Crippen LogP contribution in [0.2, 0.25) is 0 Å². The molecule has 0 saturated carbocycles. The van der Waals surface area contributed by atoms with E-state index < -0.39 is 10.2 Å². The van der Waals surface area contributed by atoms with E-state index in [1.165, 1.54) is 0 Å². The zero-order valence-corrected chi connectivity index (χ0v) is 15.3. The van der Waals surface area contributed by atoms with Crippen LogP contribution in [0.3, 0.4) is 0 Å². The number of anilines is 1. The third-order valence-corrected chi connectivity index (χ3v) is 6.87. The Bertz CT molecular complexity index is 847. The monoisotopic (exact) mass is 374 g/mol. The van der Waals surface area contributed by atoms with Crippen molar-refractivity contribution in [3.8, 4) is 11.3 Å². The van der Waals surface area contributed by atoms with Gasteiger partial charge in [0, 0.05) is 63.4 Å². The largest absolute Gasteiger partial charge is 0.338 e. The van der Waals surface area contributed by atoms with E-state index in [4.69, 9.17) is 0 Å². The van der Waals surface area contributed by atoms with Crippen molar-refractivity contribution in [2.45, 2.75) is 12.8 Å². The number of hydrogen-bond donors (Lipinski definition) is 0. The Balaban J connectivity index is 1.45. The summed E-state index contributed by atoms with van der Waals surface area (Å²) in [6.45, 7) is 3.36. The van der Waals surface area contributed by atoms with Gasteiger partial charge in [0.15, 0.2) is 0 Å². The van der Waals surface area contributed by atoms with Crippen LogP contribution in [0, 0.1) is 0 Å². The maximum Gasteiger partial charge on any atom is 0.282 e. The van der Waals surface area contributed by atoms with E-state index in [1.807, 2.05) is 23.1 Å². The van der Waals surface area contributed by atoms with E-state index >= 15 is 0 Å². The van der Waals surface area contributed by atoms with Crippen LogP contribution in [0.5, 0.6) is 0 Å². The predicted molar refractivity (Wildman–Crippen MR) is 98.8 cm³/mol. The highest BCUT2D eigenvalue weighted by molar-refractivity contribution is 7.86. The number of nitrogens with zero attached hydrogens (tertiary/aromatic N) is 6. The minimum atomic E-state index is -3.33. The van der Waals surface area contributed by atoms with Gasteiger partial charge >= 0.3 is 0 Å². The van der Waals surface area contributed by atoms with Gasteiger partial charge < -0.3 is 4.90 Å².